The predicted octanol–water partition coefficient (Wildman–Crippen LogP) is 11.2. The summed E-state index contributed by atoms with van der Waals surface area (Å²) < 4.78 is 10.9. The van der Waals surface area contributed by atoms with Crippen LogP contribution in [-0.4, -0.2) is 59.3 Å². The zero-order chi connectivity index (χ0) is 42.6. The van der Waals surface area contributed by atoms with Gasteiger partial charge in [0.2, 0.25) is 0 Å². The number of ether oxygens (including phenoxy) is 2. The lowest BCUT2D eigenvalue weighted by molar-refractivity contribution is 0.0837. The second-order valence-corrected chi connectivity index (χ2v) is 13.8. The van der Waals surface area contributed by atoms with Crippen LogP contribution in [-0.2, 0) is 17.6 Å². The van der Waals surface area contributed by atoms with Crippen LogP contribution in [0.4, 0.5) is 0 Å². The molecule has 2 N–H and O–H groups in total. The van der Waals surface area contributed by atoms with E-state index in [1.54, 1.807) is 18.2 Å². The molecule has 0 spiro atoms. The van der Waals surface area contributed by atoms with Crippen LogP contribution in [0, 0.1) is 0 Å². The number of carbonyl (C=O) groups excluding carboxylic acids is 2. The van der Waals surface area contributed by atoms with Crippen molar-refractivity contribution >= 4 is 33.1 Å². The van der Waals surface area contributed by atoms with E-state index in [0.717, 1.165) is 40.1 Å². The van der Waals surface area contributed by atoms with Crippen LogP contribution in [0.15, 0.2) is 144 Å². The summed E-state index contributed by atoms with van der Waals surface area (Å²) in [6, 6.07) is 40.8. The number of phenolic OH excluding ortho intramolecular Hbond substituents is 1. The lowest BCUT2D eigenvalue weighted by Crippen LogP contribution is -2.32. The topological polar surface area (TPSA) is 194 Å². The lowest BCUT2D eigenvalue weighted by atomic mass is 10.0. The number of carbonyl (C=O) groups is 2. The van der Waals surface area contributed by atoms with Gasteiger partial charge in [0.25, 0.3) is 0 Å². The first-order chi connectivity index (χ1) is 28.6. The van der Waals surface area contributed by atoms with Crippen molar-refractivity contribution in [3.8, 4) is 11.5 Å². The Labute approximate surface area is 344 Å². The maximum atomic E-state index is 12.2. The summed E-state index contributed by atoms with van der Waals surface area (Å²) in [7, 11) is 0. The van der Waals surface area contributed by atoms with Gasteiger partial charge in [0.1, 0.15) is 18.1 Å². The Kier molecular flexibility index (Phi) is 18.0. The average Bonchev–Trinajstić information content (AvgIpc) is 4.10. The number of hydrogen-bond acceptors (Lipinski definition) is 8. The Bertz CT molecular complexity index is 2380. The summed E-state index contributed by atoms with van der Waals surface area (Å²) in [5.74, 6) is 0.234. The van der Waals surface area contributed by atoms with Crippen molar-refractivity contribution in [3.63, 3.8) is 0 Å². The molecule has 0 saturated carbocycles. The van der Waals surface area contributed by atoms with Gasteiger partial charge in [-0.1, -0.05) is 152 Å². The molecule has 1 aliphatic heterocycles. The number of aromatic hydroxyl groups is 1. The standard InChI is InChI=1S/C22H21N3O3.C12H10O2.C10H11N3O.C3H8/c1-15(26)22-18-10-6-5-9-17(18)11-12-21(22)28-14-20(27)19(24-25-23)13-16-7-3-2-4-8-16;1-8(13)12-10-5-3-2-4-9(10)6-7-11(12)14;11-13-12-9(10-7-14-10)6-8-4-2-1-3-5-8;1-3-2/h2-12,19-20,27H,13-14H2,1H3;2-7,14H,1H3;1-5,9-10H,6-7H2;3H2,1-2H3/t19-,20+;;9-,10+;/m0.0./s1. The van der Waals surface area contributed by atoms with Gasteiger partial charge in [-0.15, -0.1) is 0 Å². The number of Topliss-reactive ketones (excluding diaryl/α,β-unsaturated/α-hetero) is 2. The molecular weight excluding hydrogens is 745 g/mol. The highest BCUT2D eigenvalue weighted by atomic mass is 16.6. The first-order valence-electron chi connectivity index (χ1n) is 19.4. The normalized spacial score (nSPS) is 13.8. The van der Waals surface area contributed by atoms with Crippen LogP contribution in [0.25, 0.3) is 42.4 Å². The summed E-state index contributed by atoms with van der Waals surface area (Å²) in [5.41, 5.74) is 20.3. The largest absolute Gasteiger partial charge is 0.507 e. The van der Waals surface area contributed by atoms with Gasteiger partial charge in [0, 0.05) is 9.82 Å². The van der Waals surface area contributed by atoms with E-state index in [1.807, 2.05) is 115 Å². The number of azide groups is 2. The second kappa shape index (κ2) is 23.5. The first-order valence-corrected chi connectivity index (χ1v) is 19.4. The van der Waals surface area contributed by atoms with Crippen molar-refractivity contribution in [2.45, 2.75) is 71.2 Å². The van der Waals surface area contributed by atoms with E-state index in [4.69, 9.17) is 20.5 Å². The van der Waals surface area contributed by atoms with E-state index in [9.17, 15) is 19.8 Å². The number of fused-ring (bicyclic) bond motifs is 2. The second-order valence-electron chi connectivity index (χ2n) is 13.8. The summed E-state index contributed by atoms with van der Waals surface area (Å²) >= 11 is 0. The van der Waals surface area contributed by atoms with E-state index >= 15 is 0 Å². The van der Waals surface area contributed by atoms with Crippen LogP contribution >= 0.6 is 0 Å². The Balaban J connectivity index is 0.000000207. The Hall–Kier alpha value is -6.68. The van der Waals surface area contributed by atoms with E-state index in [0.29, 0.717) is 23.3 Å². The molecule has 1 aliphatic rings. The SMILES string of the molecule is CC(=O)c1c(O)ccc2ccccc12.CC(=O)c1c(OC[C@@H](O)[C@H](Cc2ccccc2)N=[N+]=[N-])ccc2ccccc12.CCC.[N-]=[N+]=N[C@@H](Cc1ccccc1)[C@H]1CO1. The van der Waals surface area contributed by atoms with Crippen molar-refractivity contribution < 1.29 is 29.3 Å². The zero-order valence-corrected chi connectivity index (χ0v) is 33.8. The molecule has 0 amide bonds. The molecule has 6 aromatic rings. The minimum Gasteiger partial charge on any atom is -0.507 e. The molecule has 1 heterocycles. The first kappa shape index (κ1) is 45.0. The predicted molar refractivity (Wildman–Crippen MR) is 233 cm³/mol. The highest BCUT2D eigenvalue weighted by molar-refractivity contribution is 6.10. The molecule has 304 valence electrons. The molecule has 0 aromatic heterocycles. The monoisotopic (exact) mass is 794 g/mol. The van der Waals surface area contributed by atoms with Gasteiger partial charge in [-0.25, -0.2) is 0 Å². The minimum absolute atomic E-state index is 0.0520. The number of rotatable bonds is 13. The van der Waals surface area contributed by atoms with Crippen LogP contribution in [0.1, 0.15) is 66.0 Å². The van der Waals surface area contributed by atoms with Gasteiger partial charge in [-0.3, -0.25) is 9.59 Å². The van der Waals surface area contributed by atoms with Gasteiger partial charge in [0.15, 0.2) is 11.6 Å². The molecule has 7 rings (SSSR count). The molecule has 0 radical (unpaired) electrons. The number of epoxide rings is 1. The van der Waals surface area contributed by atoms with Crippen LogP contribution in [0.2, 0.25) is 0 Å². The van der Waals surface area contributed by atoms with Crippen LogP contribution < -0.4 is 4.74 Å². The van der Waals surface area contributed by atoms with Crippen LogP contribution in [0.5, 0.6) is 11.5 Å². The van der Waals surface area contributed by atoms with Gasteiger partial charge >= 0.3 is 0 Å². The molecule has 1 saturated heterocycles. The number of aliphatic hydroxyl groups excluding tert-OH is 1. The number of aliphatic hydroxyl groups is 1. The van der Waals surface area contributed by atoms with E-state index in [2.05, 4.69) is 33.9 Å². The molecular formula is C47H50N6O6. The van der Waals surface area contributed by atoms with E-state index < -0.39 is 12.1 Å². The van der Waals surface area contributed by atoms with Gasteiger partial charge in [-0.2, -0.15) is 0 Å². The quantitative estimate of drug-likeness (QED) is 0.0384. The van der Waals surface area contributed by atoms with Gasteiger partial charge < -0.3 is 19.7 Å². The summed E-state index contributed by atoms with van der Waals surface area (Å²) in [5, 5.41) is 31.1. The average molecular weight is 795 g/mol. The van der Waals surface area contributed by atoms with Crippen molar-refractivity contribution in [2.75, 3.05) is 13.2 Å². The highest BCUT2D eigenvalue weighted by Crippen LogP contribution is 2.30. The lowest BCUT2D eigenvalue weighted by Gasteiger charge is -2.20. The van der Waals surface area contributed by atoms with Crippen LogP contribution in [0.3, 0.4) is 0 Å². The summed E-state index contributed by atoms with van der Waals surface area (Å²) in [6.45, 7) is 7.83. The molecule has 12 nitrogen and oxygen atoms in total. The van der Waals surface area contributed by atoms with E-state index in [-0.39, 0.29) is 36.1 Å². The fourth-order valence-corrected chi connectivity index (χ4v) is 6.27. The molecule has 59 heavy (non-hydrogen) atoms. The number of ketones is 2. The molecule has 4 atom stereocenters. The third-order valence-electron chi connectivity index (χ3n) is 9.12. The van der Waals surface area contributed by atoms with Crippen molar-refractivity contribution in [1.82, 2.24) is 0 Å². The van der Waals surface area contributed by atoms with E-state index in [1.165, 1.54) is 25.8 Å². The molecule has 1 fully saturated rings. The van der Waals surface area contributed by atoms with Crippen molar-refractivity contribution in [1.29, 1.82) is 0 Å². The molecule has 0 bridgehead atoms. The number of phenols is 1. The third-order valence-corrected chi connectivity index (χ3v) is 9.12. The van der Waals surface area contributed by atoms with Gasteiger partial charge in [-0.05, 0) is 82.6 Å². The zero-order valence-electron chi connectivity index (χ0n) is 33.8. The maximum absolute atomic E-state index is 12.2. The van der Waals surface area contributed by atoms with Crippen molar-refractivity contribution in [3.05, 3.63) is 177 Å². The minimum atomic E-state index is -1.01. The highest BCUT2D eigenvalue weighted by Gasteiger charge is 2.32. The Morgan fingerprint density at radius 3 is 1.69 bits per heavy atom. The molecule has 12 heteroatoms. The molecule has 0 aliphatic carbocycles. The van der Waals surface area contributed by atoms with Gasteiger partial charge in [0.05, 0.1) is 42.0 Å². The number of nitrogens with zero attached hydrogens (tertiary/aromatic N) is 6. The smallest absolute Gasteiger partial charge is 0.164 e. The Morgan fingerprint density at radius 2 is 1.19 bits per heavy atom. The third kappa shape index (κ3) is 13.7. The summed E-state index contributed by atoms with van der Waals surface area (Å²) in [6.07, 6.45) is 1.52. The van der Waals surface area contributed by atoms with Crippen molar-refractivity contribution in [2.24, 2.45) is 10.2 Å². The summed E-state index contributed by atoms with van der Waals surface area (Å²) in [4.78, 5) is 29.2. The fraction of sp³-hybridized carbons (Fsp3) is 0.277. The Morgan fingerprint density at radius 1 is 0.712 bits per heavy atom. The number of benzene rings is 6. The number of hydrogen-bond donors (Lipinski definition) is 2. The molecule has 6 aromatic carbocycles. The fourth-order valence-electron chi connectivity index (χ4n) is 6.27. The molecule has 0 unspecified atom stereocenters. The maximum Gasteiger partial charge on any atom is 0.164 e.